The molecule has 1 aromatic heterocycles. The monoisotopic (exact) mass is 287 g/mol. The lowest BCUT2D eigenvalue weighted by Crippen LogP contribution is -2.12. The van der Waals surface area contributed by atoms with Gasteiger partial charge >= 0.3 is 0 Å². The summed E-state index contributed by atoms with van der Waals surface area (Å²) in [7, 11) is 0. The van der Waals surface area contributed by atoms with Crippen LogP contribution < -0.4 is 5.32 Å². The van der Waals surface area contributed by atoms with E-state index in [0.29, 0.717) is 13.2 Å². The van der Waals surface area contributed by atoms with E-state index in [0.717, 1.165) is 36.6 Å². The summed E-state index contributed by atoms with van der Waals surface area (Å²) in [6, 6.07) is 12.4. The minimum absolute atomic E-state index is 0.192. The molecule has 0 atom stereocenters. The first-order chi connectivity index (χ1) is 10.3. The minimum Gasteiger partial charge on any atom is -0.465 e. The van der Waals surface area contributed by atoms with Gasteiger partial charge in [0.2, 0.25) is 0 Å². The van der Waals surface area contributed by atoms with Crippen molar-refractivity contribution in [2.75, 3.05) is 13.2 Å². The van der Waals surface area contributed by atoms with Gasteiger partial charge in [-0.2, -0.15) is 0 Å². The molecule has 0 spiro atoms. The number of rotatable bonds is 6. The Hall–Kier alpha value is -1.62. The lowest BCUT2D eigenvalue weighted by atomic mass is 10.1. The van der Waals surface area contributed by atoms with Gasteiger partial charge in [-0.05, 0) is 17.7 Å². The van der Waals surface area contributed by atoms with E-state index in [2.05, 4.69) is 36.5 Å². The average molecular weight is 287 g/mol. The van der Waals surface area contributed by atoms with E-state index in [-0.39, 0.29) is 6.29 Å². The first kappa shape index (κ1) is 14.3. The van der Waals surface area contributed by atoms with E-state index in [9.17, 15) is 0 Å². The Morgan fingerprint density at radius 1 is 0.952 bits per heavy atom. The molecule has 3 rings (SSSR count). The van der Waals surface area contributed by atoms with E-state index in [1.165, 1.54) is 5.56 Å². The highest BCUT2D eigenvalue weighted by Gasteiger charge is 2.17. The Labute approximate surface area is 125 Å². The van der Waals surface area contributed by atoms with Crippen LogP contribution in [0.1, 0.15) is 35.9 Å². The fraction of sp³-hybridized carbons (Fsp3) is 0.412. The molecule has 1 aliphatic rings. The fourth-order valence-electron chi connectivity index (χ4n) is 2.38. The molecule has 4 heteroatoms. The van der Waals surface area contributed by atoms with Gasteiger partial charge in [0.05, 0.1) is 19.8 Å². The maximum atomic E-state index is 5.66. The van der Waals surface area contributed by atoms with Gasteiger partial charge in [-0.1, -0.05) is 31.2 Å². The van der Waals surface area contributed by atoms with Gasteiger partial charge in [-0.3, -0.25) is 0 Å². The number of hydrogen-bond acceptors (Lipinski definition) is 4. The van der Waals surface area contributed by atoms with Gasteiger partial charge in [-0.15, -0.1) is 0 Å². The number of benzene rings is 1. The molecule has 0 bridgehead atoms. The molecule has 0 unspecified atom stereocenters. The highest BCUT2D eigenvalue weighted by Crippen LogP contribution is 2.23. The SMILES string of the molecule is CCc1ccc(CNCc2ccc(C3OCCO3)cc2)o1. The van der Waals surface area contributed by atoms with Crippen LogP contribution in [0.5, 0.6) is 0 Å². The molecule has 1 aliphatic heterocycles. The molecule has 1 fully saturated rings. The van der Waals surface area contributed by atoms with E-state index in [4.69, 9.17) is 13.9 Å². The Balaban J connectivity index is 1.48. The van der Waals surface area contributed by atoms with E-state index >= 15 is 0 Å². The normalized spacial score (nSPS) is 15.7. The van der Waals surface area contributed by atoms with E-state index < -0.39 is 0 Å². The summed E-state index contributed by atoms with van der Waals surface area (Å²) in [5.74, 6) is 2.02. The molecule has 21 heavy (non-hydrogen) atoms. The van der Waals surface area contributed by atoms with E-state index in [1.807, 2.05) is 12.1 Å². The number of aryl methyl sites for hydroxylation is 1. The van der Waals surface area contributed by atoms with Crippen LogP contribution >= 0.6 is 0 Å². The third-order valence-corrected chi connectivity index (χ3v) is 3.57. The molecule has 1 saturated heterocycles. The van der Waals surface area contributed by atoms with Crippen molar-refractivity contribution in [3.8, 4) is 0 Å². The molecule has 4 nitrogen and oxygen atoms in total. The van der Waals surface area contributed by atoms with E-state index in [1.54, 1.807) is 0 Å². The number of nitrogens with one attached hydrogen (secondary N) is 1. The zero-order valence-electron chi connectivity index (χ0n) is 12.3. The zero-order chi connectivity index (χ0) is 14.5. The van der Waals surface area contributed by atoms with Crippen molar-refractivity contribution in [1.82, 2.24) is 5.32 Å². The Morgan fingerprint density at radius 3 is 2.33 bits per heavy atom. The molecule has 0 saturated carbocycles. The van der Waals surface area contributed by atoms with Crippen molar-refractivity contribution in [2.45, 2.75) is 32.7 Å². The minimum atomic E-state index is -0.192. The number of hydrogen-bond donors (Lipinski definition) is 1. The predicted molar refractivity (Wildman–Crippen MR) is 79.7 cm³/mol. The first-order valence-electron chi connectivity index (χ1n) is 7.45. The molecular weight excluding hydrogens is 266 g/mol. The van der Waals surface area contributed by atoms with Crippen LogP contribution in [0.2, 0.25) is 0 Å². The fourth-order valence-corrected chi connectivity index (χ4v) is 2.38. The molecule has 2 aromatic rings. The van der Waals surface area contributed by atoms with Crippen LogP contribution in [0.4, 0.5) is 0 Å². The molecule has 1 aromatic carbocycles. The smallest absolute Gasteiger partial charge is 0.184 e. The highest BCUT2D eigenvalue weighted by atomic mass is 16.7. The Morgan fingerprint density at radius 2 is 1.67 bits per heavy atom. The predicted octanol–water partition coefficient (Wildman–Crippen LogP) is 3.18. The number of ether oxygens (including phenoxy) is 2. The summed E-state index contributed by atoms with van der Waals surface area (Å²) >= 11 is 0. The van der Waals surface area contributed by atoms with Gasteiger partial charge < -0.3 is 19.2 Å². The first-order valence-corrected chi connectivity index (χ1v) is 7.45. The lowest BCUT2D eigenvalue weighted by molar-refractivity contribution is -0.0441. The Kier molecular flexibility index (Phi) is 4.70. The average Bonchev–Trinajstić information content (AvgIpc) is 3.19. The van der Waals surface area contributed by atoms with Gasteiger partial charge in [0.1, 0.15) is 11.5 Å². The maximum Gasteiger partial charge on any atom is 0.184 e. The van der Waals surface area contributed by atoms with Crippen molar-refractivity contribution in [2.24, 2.45) is 0 Å². The Bertz CT molecular complexity index is 556. The molecule has 0 radical (unpaired) electrons. The third kappa shape index (κ3) is 3.73. The second-order valence-electron chi connectivity index (χ2n) is 5.14. The molecule has 0 amide bonds. The quantitative estimate of drug-likeness (QED) is 0.886. The van der Waals surface area contributed by atoms with Gasteiger partial charge in [0, 0.05) is 18.5 Å². The largest absolute Gasteiger partial charge is 0.465 e. The molecular formula is C17H21NO3. The van der Waals surface area contributed by atoms with Crippen LogP contribution in [-0.2, 0) is 29.0 Å². The van der Waals surface area contributed by atoms with Crippen LogP contribution in [-0.4, -0.2) is 13.2 Å². The molecule has 2 heterocycles. The van der Waals surface area contributed by atoms with Gasteiger partial charge in [0.25, 0.3) is 0 Å². The summed E-state index contributed by atoms with van der Waals surface area (Å²) < 4.78 is 16.6. The lowest BCUT2D eigenvalue weighted by Gasteiger charge is -2.10. The maximum absolute atomic E-state index is 5.66. The summed E-state index contributed by atoms with van der Waals surface area (Å²) in [6.45, 7) is 5.01. The summed E-state index contributed by atoms with van der Waals surface area (Å²) in [5, 5.41) is 3.39. The van der Waals surface area contributed by atoms with Crippen LogP contribution in [0.25, 0.3) is 0 Å². The van der Waals surface area contributed by atoms with Crippen molar-refractivity contribution in [3.63, 3.8) is 0 Å². The summed E-state index contributed by atoms with van der Waals surface area (Å²) in [5.41, 5.74) is 2.31. The molecule has 1 N–H and O–H groups in total. The second kappa shape index (κ2) is 6.89. The van der Waals surface area contributed by atoms with Crippen molar-refractivity contribution in [3.05, 3.63) is 59.0 Å². The van der Waals surface area contributed by atoms with Crippen molar-refractivity contribution in [1.29, 1.82) is 0 Å². The summed E-state index contributed by atoms with van der Waals surface area (Å²) in [6.07, 6.45) is 0.745. The summed E-state index contributed by atoms with van der Waals surface area (Å²) in [4.78, 5) is 0. The van der Waals surface area contributed by atoms with Gasteiger partial charge in [0.15, 0.2) is 6.29 Å². The third-order valence-electron chi connectivity index (χ3n) is 3.57. The van der Waals surface area contributed by atoms with Crippen molar-refractivity contribution < 1.29 is 13.9 Å². The second-order valence-corrected chi connectivity index (χ2v) is 5.14. The highest BCUT2D eigenvalue weighted by molar-refractivity contribution is 5.23. The van der Waals surface area contributed by atoms with Crippen LogP contribution in [0.15, 0.2) is 40.8 Å². The van der Waals surface area contributed by atoms with Gasteiger partial charge in [-0.25, -0.2) is 0 Å². The number of furan rings is 1. The van der Waals surface area contributed by atoms with Crippen molar-refractivity contribution >= 4 is 0 Å². The van der Waals surface area contributed by atoms with Crippen LogP contribution in [0.3, 0.4) is 0 Å². The molecule has 112 valence electrons. The standard InChI is InChI=1S/C17H21NO3/c1-2-15-7-8-16(21-15)12-18-11-13-3-5-14(6-4-13)17-19-9-10-20-17/h3-8,17-18H,2,9-12H2,1H3. The zero-order valence-corrected chi connectivity index (χ0v) is 12.3. The topological polar surface area (TPSA) is 43.6 Å². The van der Waals surface area contributed by atoms with Crippen LogP contribution in [0, 0.1) is 0 Å². The molecule has 0 aliphatic carbocycles.